The summed E-state index contributed by atoms with van der Waals surface area (Å²) in [6.07, 6.45) is 0. The van der Waals surface area contributed by atoms with Gasteiger partial charge >= 0.3 is 0 Å². The molecular weight excluding hydrogens is 294 g/mol. The van der Waals surface area contributed by atoms with Crippen molar-refractivity contribution in [1.82, 2.24) is 9.88 Å². The van der Waals surface area contributed by atoms with Crippen LogP contribution in [0.2, 0.25) is 0 Å². The average Bonchev–Trinajstić information content (AvgIpc) is 2.82. The lowest BCUT2D eigenvalue weighted by molar-refractivity contribution is 0.0779. The summed E-state index contributed by atoms with van der Waals surface area (Å²) in [5, 5.41) is 1.92. The van der Waals surface area contributed by atoms with Crippen LogP contribution in [-0.2, 0) is 0 Å². The van der Waals surface area contributed by atoms with E-state index in [-0.39, 0.29) is 5.91 Å². The van der Waals surface area contributed by atoms with Crippen molar-refractivity contribution < 1.29 is 4.79 Å². The summed E-state index contributed by atoms with van der Waals surface area (Å²) in [5.74, 6) is -0.00858. The first kappa shape index (κ1) is 14.8. The molecule has 0 bridgehead atoms. The lowest BCUT2D eigenvalue weighted by Gasteiger charge is -2.17. The minimum Gasteiger partial charge on any atom is -0.397 e. The Labute approximate surface area is 133 Å². The fourth-order valence-electron chi connectivity index (χ4n) is 2.62. The third-order valence-corrected chi connectivity index (χ3v) is 5.02. The number of aryl methyl sites for hydroxylation is 1. The predicted octanol–water partition coefficient (Wildman–Crippen LogP) is 3.82. The normalized spacial score (nSPS) is 11.2. The SMILES string of the molecule is CCN(CC)C(=O)c1sc2nc3cc(C)ccc3cc2c1N. The van der Waals surface area contributed by atoms with E-state index in [1.54, 1.807) is 4.90 Å². The fraction of sp³-hybridized carbons (Fsp3) is 0.294. The number of hydrogen-bond acceptors (Lipinski definition) is 4. The monoisotopic (exact) mass is 313 g/mol. The molecule has 0 unspecified atom stereocenters. The lowest BCUT2D eigenvalue weighted by atomic mass is 10.1. The van der Waals surface area contributed by atoms with Crippen molar-refractivity contribution in [3.8, 4) is 0 Å². The van der Waals surface area contributed by atoms with E-state index in [0.29, 0.717) is 23.7 Å². The third kappa shape index (κ3) is 2.31. The molecule has 4 nitrogen and oxygen atoms in total. The third-order valence-electron chi connectivity index (χ3n) is 3.92. The molecule has 0 aliphatic carbocycles. The molecule has 3 aromatic rings. The highest BCUT2D eigenvalue weighted by atomic mass is 32.1. The molecule has 114 valence electrons. The number of hydrogen-bond donors (Lipinski definition) is 1. The molecule has 22 heavy (non-hydrogen) atoms. The summed E-state index contributed by atoms with van der Waals surface area (Å²) in [6, 6.07) is 8.18. The molecule has 0 saturated carbocycles. The molecule has 0 spiro atoms. The van der Waals surface area contributed by atoms with Crippen LogP contribution in [0, 0.1) is 6.92 Å². The van der Waals surface area contributed by atoms with Crippen LogP contribution in [0.25, 0.3) is 21.1 Å². The van der Waals surface area contributed by atoms with Crippen LogP contribution in [0.4, 0.5) is 5.69 Å². The number of nitrogens with zero attached hydrogens (tertiary/aromatic N) is 2. The van der Waals surface area contributed by atoms with Crippen LogP contribution >= 0.6 is 11.3 Å². The summed E-state index contributed by atoms with van der Waals surface area (Å²) in [4.78, 5) is 20.5. The molecule has 0 aliphatic rings. The lowest BCUT2D eigenvalue weighted by Crippen LogP contribution is -2.30. The number of rotatable bonds is 3. The maximum atomic E-state index is 12.6. The highest BCUT2D eigenvalue weighted by molar-refractivity contribution is 7.21. The number of pyridine rings is 1. The van der Waals surface area contributed by atoms with Crippen molar-refractivity contribution in [2.75, 3.05) is 18.8 Å². The average molecular weight is 313 g/mol. The second kappa shape index (κ2) is 5.57. The van der Waals surface area contributed by atoms with Crippen molar-refractivity contribution in [2.24, 2.45) is 0 Å². The standard InChI is InChI=1S/C17H19N3OS/c1-4-20(5-2)17(21)15-14(18)12-9-11-7-6-10(3)8-13(11)19-16(12)22-15/h6-9H,4-5,18H2,1-3H3. The van der Waals surface area contributed by atoms with Gasteiger partial charge in [-0.15, -0.1) is 11.3 Å². The topological polar surface area (TPSA) is 59.2 Å². The van der Waals surface area contributed by atoms with Gasteiger partial charge in [-0.05, 0) is 38.5 Å². The molecule has 5 heteroatoms. The van der Waals surface area contributed by atoms with Crippen molar-refractivity contribution in [3.63, 3.8) is 0 Å². The second-order valence-electron chi connectivity index (χ2n) is 5.36. The van der Waals surface area contributed by atoms with Gasteiger partial charge in [0.1, 0.15) is 9.71 Å². The molecule has 0 atom stereocenters. The van der Waals surface area contributed by atoms with Crippen LogP contribution in [-0.4, -0.2) is 28.9 Å². The summed E-state index contributed by atoms with van der Waals surface area (Å²) in [6.45, 7) is 7.35. The van der Waals surface area contributed by atoms with Crippen LogP contribution < -0.4 is 5.73 Å². The number of thiophene rings is 1. The van der Waals surface area contributed by atoms with E-state index in [1.165, 1.54) is 16.9 Å². The number of benzene rings is 1. The Morgan fingerprint density at radius 3 is 2.68 bits per heavy atom. The maximum absolute atomic E-state index is 12.6. The first-order chi connectivity index (χ1) is 10.5. The number of nitrogen functional groups attached to an aromatic ring is 1. The number of nitrogens with two attached hydrogens (primary N) is 1. The van der Waals surface area contributed by atoms with E-state index < -0.39 is 0 Å². The maximum Gasteiger partial charge on any atom is 0.266 e. The van der Waals surface area contributed by atoms with E-state index in [9.17, 15) is 4.79 Å². The minimum atomic E-state index is -0.00858. The fourth-order valence-corrected chi connectivity index (χ4v) is 3.67. The molecule has 2 heterocycles. The number of anilines is 1. The number of fused-ring (bicyclic) bond motifs is 2. The Balaban J connectivity index is 2.19. The minimum absolute atomic E-state index is 0.00858. The van der Waals surface area contributed by atoms with Gasteiger partial charge in [-0.3, -0.25) is 4.79 Å². The highest BCUT2D eigenvalue weighted by Gasteiger charge is 2.21. The van der Waals surface area contributed by atoms with Gasteiger partial charge in [0.15, 0.2) is 0 Å². The van der Waals surface area contributed by atoms with Crippen molar-refractivity contribution in [1.29, 1.82) is 0 Å². The zero-order valence-corrected chi connectivity index (χ0v) is 13.8. The van der Waals surface area contributed by atoms with Gasteiger partial charge in [-0.1, -0.05) is 12.1 Å². The largest absolute Gasteiger partial charge is 0.397 e. The summed E-state index contributed by atoms with van der Waals surface area (Å²) < 4.78 is 0. The van der Waals surface area contributed by atoms with Crippen LogP contribution in [0.15, 0.2) is 24.3 Å². The van der Waals surface area contributed by atoms with Gasteiger partial charge in [0, 0.05) is 23.9 Å². The van der Waals surface area contributed by atoms with Gasteiger partial charge in [0.25, 0.3) is 5.91 Å². The van der Waals surface area contributed by atoms with E-state index in [1.807, 2.05) is 32.9 Å². The van der Waals surface area contributed by atoms with Crippen molar-refractivity contribution in [2.45, 2.75) is 20.8 Å². The molecule has 0 radical (unpaired) electrons. The van der Waals surface area contributed by atoms with E-state index in [4.69, 9.17) is 5.73 Å². The Morgan fingerprint density at radius 2 is 2.00 bits per heavy atom. The summed E-state index contributed by atoms with van der Waals surface area (Å²) >= 11 is 1.38. The zero-order valence-electron chi connectivity index (χ0n) is 13.0. The molecule has 0 aliphatic heterocycles. The van der Waals surface area contributed by atoms with Crippen molar-refractivity contribution in [3.05, 3.63) is 34.7 Å². The summed E-state index contributed by atoms with van der Waals surface area (Å²) in [5.41, 5.74) is 8.89. The molecule has 3 rings (SSSR count). The number of amides is 1. The van der Waals surface area contributed by atoms with Crippen LogP contribution in [0.5, 0.6) is 0 Å². The number of carbonyl (C=O) groups is 1. The van der Waals surface area contributed by atoms with Gasteiger partial charge in [-0.25, -0.2) is 4.98 Å². The number of aromatic nitrogens is 1. The molecule has 2 aromatic heterocycles. The van der Waals surface area contributed by atoms with Gasteiger partial charge in [0.2, 0.25) is 0 Å². The Kier molecular flexibility index (Phi) is 3.74. The quantitative estimate of drug-likeness (QED) is 0.799. The molecule has 0 fully saturated rings. The highest BCUT2D eigenvalue weighted by Crippen LogP contribution is 2.35. The van der Waals surface area contributed by atoms with Gasteiger partial charge in [-0.2, -0.15) is 0 Å². The van der Waals surface area contributed by atoms with Gasteiger partial charge < -0.3 is 10.6 Å². The van der Waals surface area contributed by atoms with Crippen LogP contribution in [0.3, 0.4) is 0 Å². The number of carbonyl (C=O) groups excluding carboxylic acids is 1. The second-order valence-corrected chi connectivity index (χ2v) is 6.36. The van der Waals surface area contributed by atoms with E-state index >= 15 is 0 Å². The smallest absolute Gasteiger partial charge is 0.266 e. The molecule has 0 saturated heterocycles. The van der Waals surface area contributed by atoms with E-state index in [2.05, 4.69) is 17.1 Å². The Hall–Kier alpha value is -2.14. The van der Waals surface area contributed by atoms with Gasteiger partial charge in [0.05, 0.1) is 11.2 Å². The Bertz CT molecular complexity index is 865. The van der Waals surface area contributed by atoms with Crippen LogP contribution in [0.1, 0.15) is 29.1 Å². The zero-order chi connectivity index (χ0) is 15.9. The molecule has 1 amide bonds. The first-order valence-corrected chi connectivity index (χ1v) is 8.25. The van der Waals surface area contributed by atoms with Crippen molar-refractivity contribution >= 4 is 44.1 Å². The molecular formula is C17H19N3OS. The Morgan fingerprint density at radius 1 is 1.27 bits per heavy atom. The molecule has 1 aromatic carbocycles. The van der Waals surface area contributed by atoms with E-state index in [0.717, 1.165) is 21.1 Å². The molecule has 2 N–H and O–H groups in total. The first-order valence-electron chi connectivity index (χ1n) is 7.43. The predicted molar refractivity (Wildman–Crippen MR) is 93.5 cm³/mol. The summed E-state index contributed by atoms with van der Waals surface area (Å²) in [7, 11) is 0.